The summed E-state index contributed by atoms with van der Waals surface area (Å²) in [4.78, 5) is 12.7. The molecule has 0 aliphatic heterocycles. The number of amides is 1. The minimum Gasteiger partial charge on any atom is -0.408 e. The first-order valence-electron chi connectivity index (χ1n) is 9.35. The number of carbonyl (C=O) groups excluding carboxylic acids is 1. The number of sulfone groups is 2. The van der Waals surface area contributed by atoms with Crippen molar-refractivity contribution < 1.29 is 26.0 Å². The molecule has 31 heavy (non-hydrogen) atoms. The summed E-state index contributed by atoms with van der Waals surface area (Å²) in [5, 5.41) is 9.20. The highest BCUT2D eigenvalue weighted by Crippen LogP contribution is 2.18. The highest BCUT2D eigenvalue weighted by Gasteiger charge is 2.21. The molecule has 0 saturated heterocycles. The van der Waals surface area contributed by atoms with Gasteiger partial charge in [0.05, 0.1) is 20.8 Å². The second-order valence-corrected chi connectivity index (χ2v) is 11.6. The zero-order valence-electron chi connectivity index (χ0n) is 16.8. The van der Waals surface area contributed by atoms with Crippen LogP contribution >= 0.6 is 0 Å². The molecule has 0 atom stereocenters. The third-order valence-corrected chi connectivity index (χ3v) is 8.30. The summed E-state index contributed by atoms with van der Waals surface area (Å²) in [7, 11) is -7.05. The zero-order chi connectivity index (χ0) is 22.6. The first-order valence-corrected chi connectivity index (χ1v) is 12.5. The number of benzene rings is 2. The van der Waals surface area contributed by atoms with Gasteiger partial charge in [-0.1, -0.05) is 29.4 Å². The van der Waals surface area contributed by atoms with Gasteiger partial charge in [0.25, 0.3) is 5.91 Å². The molecule has 3 aromatic rings. The Morgan fingerprint density at radius 3 is 2.32 bits per heavy atom. The summed E-state index contributed by atoms with van der Waals surface area (Å²) in [6, 6.07) is 13.4. The largest absolute Gasteiger partial charge is 0.408 e. The van der Waals surface area contributed by atoms with Crippen molar-refractivity contribution in [3.63, 3.8) is 0 Å². The smallest absolute Gasteiger partial charge is 0.322 e. The Labute approximate surface area is 180 Å². The first kappa shape index (κ1) is 22.6. The van der Waals surface area contributed by atoms with E-state index in [0.29, 0.717) is 0 Å². The molecule has 0 unspecified atom stereocenters. The Bertz CT molecular complexity index is 1280. The van der Waals surface area contributed by atoms with Crippen LogP contribution in [0.4, 0.5) is 6.01 Å². The van der Waals surface area contributed by atoms with Crippen molar-refractivity contribution in [1.29, 1.82) is 0 Å². The standard InChI is InChI=1S/C20H21N3O6S2/c1-14(2)31(27,28)17-10-6-7-15(13-17)19(24)21-20-23-22-18(29-20)11-12-30(25,26)16-8-4-3-5-9-16/h3-10,13-14H,11-12H2,1-2H3,(H,21,23,24). The summed E-state index contributed by atoms with van der Waals surface area (Å²) < 4.78 is 54.6. The van der Waals surface area contributed by atoms with E-state index >= 15 is 0 Å². The van der Waals surface area contributed by atoms with Gasteiger partial charge in [0.1, 0.15) is 0 Å². The minimum absolute atomic E-state index is 0.0256. The van der Waals surface area contributed by atoms with Crippen molar-refractivity contribution in [3.05, 3.63) is 66.1 Å². The van der Waals surface area contributed by atoms with E-state index in [0.717, 1.165) is 0 Å². The number of carbonyl (C=O) groups is 1. The van der Waals surface area contributed by atoms with Crippen LogP contribution in [0, 0.1) is 0 Å². The van der Waals surface area contributed by atoms with Gasteiger partial charge < -0.3 is 4.42 Å². The maximum Gasteiger partial charge on any atom is 0.322 e. The Morgan fingerprint density at radius 1 is 0.968 bits per heavy atom. The molecular weight excluding hydrogens is 442 g/mol. The van der Waals surface area contributed by atoms with Crippen LogP contribution in [-0.4, -0.2) is 43.9 Å². The number of hydrogen-bond acceptors (Lipinski definition) is 8. The van der Waals surface area contributed by atoms with Crippen LogP contribution in [0.25, 0.3) is 0 Å². The Balaban J connectivity index is 1.67. The van der Waals surface area contributed by atoms with Gasteiger partial charge in [-0.05, 0) is 44.2 Å². The van der Waals surface area contributed by atoms with Crippen LogP contribution in [0.3, 0.4) is 0 Å². The molecule has 0 saturated carbocycles. The van der Waals surface area contributed by atoms with Gasteiger partial charge in [-0.25, -0.2) is 16.8 Å². The van der Waals surface area contributed by atoms with Crippen molar-refractivity contribution in [2.24, 2.45) is 0 Å². The molecule has 1 N–H and O–H groups in total. The summed E-state index contributed by atoms with van der Waals surface area (Å²) in [5.41, 5.74) is 0.105. The lowest BCUT2D eigenvalue weighted by Gasteiger charge is -2.09. The maximum atomic E-state index is 12.4. The minimum atomic E-state index is -3.53. The van der Waals surface area contributed by atoms with E-state index in [1.807, 2.05) is 0 Å². The second kappa shape index (κ2) is 8.98. The lowest BCUT2D eigenvalue weighted by Crippen LogP contribution is -2.16. The topological polar surface area (TPSA) is 136 Å². The molecular formula is C20H21N3O6S2. The lowest BCUT2D eigenvalue weighted by molar-refractivity contribution is 0.102. The van der Waals surface area contributed by atoms with E-state index in [9.17, 15) is 21.6 Å². The quantitative estimate of drug-likeness (QED) is 0.538. The fourth-order valence-electron chi connectivity index (χ4n) is 2.63. The monoisotopic (exact) mass is 463 g/mol. The van der Waals surface area contributed by atoms with Crippen LogP contribution < -0.4 is 5.32 Å². The lowest BCUT2D eigenvalue weighted by atomic mass is 10.2. The van der Waals surface area contributed by atoms with E-state index in [1.54, 1.807) is 32.0 Å². The number of hydrogen-bond donors (Lipinski definition) is 1. The molecule has 11 heteroatoms. The third kappa shape index (κ3) is 5.36. The Morgan fingerprint density at radius 2 is 1.65 bits per heavy atom. The highest BCUT2D eigenvalue weighted by atomic mass is 32.2. The van der Waals surface area contributed by atoms with Gasteiger partial charge in [0.15, 0.2) is 19.7 Å². The van der Waals surface area contributed by atoms with E-state index in [2.05, 4.69) is 15.5 Å². The molecule has 1 aromatic heterocycles. The van der Waals surface area contributed by atoms with Gasteiger partial charge in [-0.2, -0.15) is 0 Å². The van der Waals surface area contributed by atoms with Crippen molar-refractivity contribution >= 4 is 31.6 Å². The van der Waals surface area contributed by atoms with Crippen LogP contribution in [0.2, 0.25) is 0 Å². The van der Waals surface area contributed by atoms with Crippen molar-refractivity contribution in [2.45, 2.75) is 35.3 Å². The number of nitrogens with one attached hydrogen (secondary N) is 1. The van der Waals surface area contributed by atoms with Crippen LogP contribution in [0.5, 0.6) is 0 Å². The van der Waals surface area contributed by atoms with E-state index in [1.165, 1.54) is 36.4 Å². The van der Waals surface area contributed by atoms with Crippen molar-refractivity contribution in [1.82, 2.24) is 10.2 Å². The second-order valence-electron chi connectivity index (χ2n) is 6.96. The molecule has 164 valence electrons. The summed E-state index contributed by atoms with van der Waals surface area (Å²) >= 11 is 0. The first-order chi connectivity index (χ1) is 14.6. The summed E-state index contributed by atoms with van der Waals surface area (Å²) in [6.07, 6.45) is -0.0256. The van der Waals surface area contributed by atoms with Crippen molar-refractivity contribution in [2.75, 3.05) is 11.1 Å². The number of rotatable bonds is 8. The molecule has 3 rings (SSSR count). The normalized spacial score (nSPS) is 12.1. The summed E-state index contributed by atoms with van der Waals surface area (Å²) in [5.74, 6) is -0.819. The predicted molar refractivity (Wildman–Crippen MR) is 113 cm³/mol. The Hall–Kier alpha value is -3.05. The van der Waals surface area contributed by atoms with Gasteiger partial charge >= 0.3 is 6.01 Å². The van der Waals surface area contributed by atoms with E-state index in [4.69, 9.17) is 4.42 Å². The van der Waals surface area contributed by atoms with Crippen LogP contribution in [0.15, 0.2) is 68.8 Å². The van der Waals surface area contributed by atoms with Crippen LogP contribution in [-0.2, 0) is 26.1 Å². The molecule has 0 bridgehead atoms. The fraction of sp³-hybridized carbons (Fsp3) is 0.250. The van der Waals surface area contributed by atoms with Gasteiger partial charge in [-0.15, -0.1) is 5.10 Å². The van der Waals surface area contributed by atoms with Gasteiger partial charge in [0, 0.05) is 12.0 Å². The summed E-state index contributed by atoms with van der Waals surface area (Å²) in [6.45, 7) is 3.11. The number of aryl methyl sites for hydroxylation is 1. The molecule has 0 fully saturated rings. The average Bonchev–Trinajstić information content (AvgIpc) is 3.20. The zero-order valence-corrected chi connectivity index (χ0v) is 18.5. The Kier molecular flexibility index (Phi) is 6.56. The number of anilines is 1. The fourth-order valence-corrected chi connectivity index (χ4v) is 4.98. The van der Waals surface area contributed by atoms with E-state index < -0.39 is 30.8 Å². The average molecular weight is 464 g/mol. The molecule has 1 heterocycles. The molecule has 0 aliphatic rings. The molecule has 0 aliphatic carbocycles. The number of nitrogens with zero attached hydrogens (tertiary/aromatic N) is 2. The SMILES string of the molecule is CC(C)S(=O)(=O)c1cccc(C(=O)Nc2nnc(CCS(=O)(=O)c3ccccc3)o2)c1. The maximum absolute atomic E-state index is 12.4. The highest BCUT2D eigenvalue weighted by molar-refractivity contribution is 7.92. The van der Waals surface area contributed by atoms with Crippen LogP contribution in [0.1, 0.15) is 30.1 Å². The third-order valence-electron chi connectivity index (χ3n) is 4.42. The van der Waals surface area contributed by atoms with Gasteiger partial charge in [-0.3, -0.25) is 10.1 Å². The molecule has 2 aromatic carbocycles. The molecule has 0 radical (unpaired) electrons. The van der Waals surface area contributed by atoms with Crippen molar-refractivity contribution in [3.8, 4) is 0 Å². The predicted octanol–water partition coefficient (Wildman–Crippen LogP) is 2.52. The molecule has 9 nitrogen and oxygen atoms in total. The van der Waals surface area contributed by atoms with Gasteiger partial charge in [0.2, 0.25) is 5.89 Å². The number of aromatic nitrogens is 2. The molecule has 0 spiro atoms. The van der Waals surface area contributed by atoms with E-state index in [-0.39, 0.29) is 39.4 Å². The molecule has 1 amide bonds.